The van der Waals surface area contributed by atoms with Gasteiger partial charge < -0.3 is 10.8 Å². The first kappa shape index (κ1) is 14.0. The average molecular weight is 295 g/mol. The van der Waals surface area contributed by atoms with Gasteiger partial charge in [-0.2, -0.15) is 0 Å². The van der Waals surface area contributed by atoms with Gasteiger partial charge in [-0.15, -0.1) is 0 Å². The zero-order chi connectivity index (χ0) is 15.7. The third kappa shape index (κ3) is 2.48. The lowest BCUT2D eigenvalue weighted by Gasteiger charge is -2.06. The molecule has 5 heteroatoms. The van der Waals surface area contributed by atoms with E-state index in [1.807, 2.05) is 43.3 Å². The van der Waals surface area contributed by atoms with E-state index in [4.69, 9.17) is 5.73 Å². The van der Waals surface area contributed by atoms with Gasteiger partial charge in [0.2, 0.25) is 5.88 Å². The van der Waals surface area contributed by atoms with Crippen LogP contribution >= 0.6 is 0 Å². The summed E-state index contributed by atoms with van der Waals surface area (Å²) in [4.78, 5) is 12.6. The Hall–Kier alpha value is -2.95. The normalized spacial score (nSPS) is 10.8. The Morgan fingerprint density at radius 1 is 1.09 bits per heavy atom. The van der Waals surface area contributed by atoms with Crippen molar-refractivity contribution in [2.75, 3.05) is 5.73 Å². The zero-order valence-corrected chi connectivity index (χ0v) is 12.2. The molecular formula is C17H17N3O2. The Kier molecular flexibility index (Phi) is 3.47. The predicted octanol–water partition coefficient (Wildman–Crippen LogP) is 2.28. The lowest BCUT2D eigenvalue weighted by Crippen LogP contribution is -2.23. The van der Waals surface area contributed by atoms with E-state index in [2.05, 4.69) is 0 Å². The second kappa shape index (κ2) is 5.44. The van der Waals surface area contributed by atoms with Crippen LogP contribution in [0.4, 0.5) is 5.69 Å². The molecule has 3 aromatic rings. The van der Waals surface area contributed by atoms with Gasteiger partial charge in [-0.1, -0.05) is 30.3 Å². The summed E-state index contributed by atoms with van der Waals surface area (Å²) in [6.45, 7) is 2.28. The highest BCUT2D eigenvalue weighted by Gasteiger charge is 2.13. The average Bonchev–Trinajstić information content (AvgIpc) is 2.77. The molecule has 1 heterocycles. The van der Waals surface area contributed by atoms with Gasteiger partial charge in [0.15, 0.2) is 0 Å². The highest BCUT2D eigenvalue weighted by atomic mass is 16.3. The maximum atomic E-state index is 12.6. The van der Waals surface area contributed by atoms with E-state index >= 15 is 0 Å². The fourth-order valence-electron chi connectivity index (χ4n) is 2.45. The number of benzene rings is 2. The minimum Gasteiger partial charge on any atom is -0.493 e. The standard InChI is InChI=1S/C17H17N3O2/c1-12-4-2-3-5-15(12)20-16(21)11-19(17(20)22)10-13-6-8-14(18)9-7-13/h2-9,11,21H,10,18H2,1H3. The molecule has 1 aromatic heterocycles. The molecule has 0 spiro atoms. The van der Waals surface area contributed by atoms with Crippen molar-refractivity contribution < 1.29 is 5.11 Å². The lowest BCUT2D eigenvalue weighted by molar-refractivity contribution is 0.440. The summed E-state index contributed by atoms with van der Waals surface area (Å²) in [5.41, 5.74) is 8.61. The molecule has 0 aliphatic rings. The number of imidazole rings is 1. The van der Waals surface area contributed by atoms with Gasteiger partial charge in [0.05, 0.1) is 18.4 Å². The first-order valence-corrected chi connectivity index (χ1v) is 6.98. The van der Waals surface area contributed by atoms with Gasteiger partial charge >= 0.3 is 5.69 Å². The molecule has 112 valence electrons. The molecule has 5 nitrogen and oxygen atoms in total. The van der Waals surface area contributed by atoms with Gasteiger partial charge in [-0.3, -0.25) is 4.57 Å². The second-order valence-electron chi connectivity index (χ2n) is 5.26. The van der Waals surface area contributed by atoms with Crippen LogP contribution < -0.4 is 11.4 Å². The molecule has 0 atom stereocenters. The van der Waals surface area contributed by atoms with Gasteiger partial charge in [-0.25, -0.2) is 9.36 Å². The van der Waals surface area contributed by atoms with Crippen LogP contribution in [0.2, 0.25) is 0 Å². The first-order valence-electron chi connectivity index (χ1n) is 6.98. The molecule has 2 aromatic carbocycles. The van der Waals surface area contributed by atoms with Gasteiger partial charge in [0, 0.05) is 5.69 Å². The van der Waals surface area contributed by atoms with Crippen LogP contribution in [0, 0.1) is 6.92 Å². The Bertz CT molecular complexity index is 860. The van der Waals surface area contributed by atoms with E-state index in [0.29, 0.717) is 17.9 Å². The van der Waals surface area contributed by atoms with Gasteiger partial charge in [0.1, 0.15) is 0 Å². The predicted molar refractivity (Wildman–Crippen MR) is 86.4 cm³/mol. The maximum absolute atomic E-state index is 12.6. The molecule has 3 N–H and O–H groups in total. The number of nitrogen functional groups attached to an aromatic ring is 1. The number of nitrogens with zero attached hydrogens (tertiary/aromatic N) is 2. The number of anilines is 1. The van der Waals surface area contributed by atoms with Gasteiger partial charge in [0.25, 0.3) is 0 Å². The second-order valence-corrected chi connectivity index (χ2v) is 5.26. The van der Waals surface area contributed by atoms with Crippen molar-refractivity contribution in [3.8, 4) is 11.6 Å². The Morgan fingerprint density at radius 3 is 2.45 bits per heavy atom. The Labute approximate surface area is 127 Å². The van der Waals surface area contributed by atoms with Crippen LogP contribution in [-0.2, 0) is 6.54 Å². The van der Waals surface area contributed by atoms with Crippen LogP contribution in [0.5, 0.6) is 5.88 Å². The van der Waals surface area contributed by atoms with Crippen molar-refractivity contribution in [2.24, 2.45) is 0 Å². The minimum absolute atomic E-state index is 0.0743. The number of nitrogens with two attached hydrogens (primary N) is 1. The molecule has 0 unspecified atom stereocenters. The van der Waals surface area contributed by atoms with Crippen LogP contribution in [0.1, 0.15) is 11.1 Å². The number of aromatic nitrogens is 2. The number of aromatic hydroxyl groups is 1. The van der Waals surface area contributed by atoms with E-state index in [1.165, 1.54) is 15.3 Å². The quantitative estimate of drug-likeness (QED) is 0.728. The Morgan fingerprint density at radius 2 is 1.77 bits per heavy atom. The monoisotopic (exact) mass is 295 g/mol. The molecule has 0 aliphatic heterocycles. The fourth-order valence-corrected chi connectivity index (χ4v) is 2.45. The van der Waals surface area contributed by atoms with Crippen LogP contribution in [0.25, 0.3) is 5.69 Å². The van der Waals surface area contributed by atoms with E-state index in [9.17, 15) is 9.90 Å². The fraction of sp³-hybridized carbons (Fsp3) is 0.118. The number of rotatable bonds is 3. The van der Waals surface area contributed by atoms with E-state index in [1.54, 1.807) is 12.1 Å². The van der Waals surface area contributed by atoms with Gasteiger partial charge in [-0.05, 0) is 36.2 Å². The third-order valence-corrected chi connectivity index (χ3v) is 3.63. The molecule has 0 fully saturated rings. The summed E-state index contributed by atoms with van der Waals surface area (Å²) in [5, 5.41) is 10.1. The summed E-state index contributed by atoms with van der Waals surface area (Å²) in [7, 11) is 0. The minimum atomic E-state index is -0.274. The highest BCUT2D eigenvalue weighted by molar-refractivity contribution is 5.43. The molecule has 3 rings (SSSR count). The molecule has 22 heavy (non-hydrogen) atoms. The molecule has 0 aliphatic carbocycles. The highest BCUT2D eigenvalue weighted by Crippen LogP contribution is 2.18. The largest absolute Gasteiger partial charge is 0.493 e. The number of aryl methyl sites for hydroxylation is 1. The smallest absolute Gasteiger partial charge is 0.336 e. The summed E-state index contributed by atoms with van der Waals surface area (Å²) >= 11 is 0. The number of hydrogen-bond donors (Lipinski definition) is 2. The number of para-hydroxylation sites is 1. The van der Waals surface area contributed by atoms with Crippen LogP contribution in [0.3, 0.4) is 0 Å². The van der Waals surface area contributed by atoms with Crippen molar-refractivity contribution in [2.45, 2.75) is 13.5 Å². The SMILES string of the molecule is Cc1ccccc1-n1c(O)cn(Cc2ccc(N)cc2)c1=O. The summed E-state index contributed by atoms with van der Waals surface area (Å²) < 4.78 is 2.79. The maximum Gasteiger partial charge on any atom is 0.336 e. The topological polar surface area (TPSA) is 73.2 Å². The van der Waals surface area contributed by atoms with Crippen molar-refractivity contribution in [3.63, 3.8) is 0 Å². The number of hydrogen-bond acceptors (Lipinski definition) is 3. The molecule has 0 saturated carbocycles. The van der Waals surface area contributed by atoms with Crippen LogP contribution in [0.15, 0.2) is 59.5 Å². The van der Waals surface area contributed by atoms with E-state index in [0.717, 1.165) is 11.1 Å². The third-order valence-electron chi connectivity index (χ3n) is 3.63. The Balaban J connectivity index is 2.02. The molecule has 0 bridgehead atoms. The summed E-state index contributed by atoms with van der Waals surface area (Å²) in [6, 6.07) is 14.8. The summed E-state index contributed by atoms with van der Waals surface area (Å²) in [6.07, 6.45) is 1.45. The van der Waals surface area contributed by atoms with E-state index < -0.39 is 0 Å². The van der Waals surface area contributed by atoms with Crippen LogP contribution in [-0.4, -0.2) is 14.2 Å². The van der Waals surface area contributed by atoms with Crippen molar-refractivity contribution in [1.82, 2.24) is 9.13 Å². The van der Waals surface area contributed by atoms with E-state index in [-0.39, 0.29) is 11.6 Å². The molecule has 0 saturated heterocycles. The zero-order valence-electron chi connectivity index (χ0n) is 12.2. The first-order chi connectivity index (χ1) is 10.6. The molecule has 0 radical (unpaired) electrons. The molecule has 0 amide bonds. The van der Waals surface area contributed by atoms with Crippen molar-refractivity contribution >= 4 is 5.69 Å². The molecular weight excluding hydrogens is 278 g/mol. The lowest BCUT2D eigenvalue weighted by atomic mass is 10.2. The van der Waals surface area contributed by atoms with Crippen molar-refractivity contribution in [1.29, 1.82) is 0 Å². The summed E-state index contributed by atoms with van der Waals surface area (Å²) in [5.74, 6) is -0.0743. The van der Waals surface area contributed by atoms with Crippen molar-refractivity contribution in [3.05, 3.63) is 76.3 Å².